The molecule has 1 aromatic carbocycles. The van der Waals surface area contributed by atoms with Crippen molar-refractivity contribution in [2.24, 2.45) is 0 Å². The molecule has 0 radical (unpaired) electrons. The molecule has 0 unspecified atom stereocenters. The fourth-order valence-corrected chi connectivity index (χ4v) is 2.12. The fourth-order valence-electron chi connectivity index (χ4n) is 1.67. The molecule has 0 saturated carbocycles. The zero-order valence-corrected chi connectivity index (χ0v) is 15.4. The van der Waals surface area contributed by atoms with Crippen molar-refractivity contribution in [1.82, 2.24) is 10.4 Å². The van der Waals surface area contributed by atoms with E-state index in [4.69, 9.17) is 4.74 Å². The molecule has 0 saturated heterocycles. The Morgan fingerprint density at radius 2 is 1.64 bits per heavy atom. The molecule has 0 bridgehead atoms. The average molecular weight is 371 g/mol. The first-order chi connectivity index (χ1) is 9.92. The van der Waals surface area contributed by atoms with Crippen LogP contribution < -0.4 is 5.43 Å². The summed E-state index contributed by atoms with van der Waals surface area (Å²) in [5.74, 6) is -0.314. The van der Waals surface area contributed by atoms with Crippen molar-refractivity contribution >= 4 is 27.9 Å². The van der Waals surface area contributed by atoms with E-state index in [0.29, 0.717) is 10.0 Å². The number of carbonyl (C=O) groups excluding carboxylic acids is 2. The van der Waals surface area contributed by atoms with E-state index in [1.807, 2.05) is 26.8 Å². The summed E-state index contributed by atoms with van der Waals surface area (Å²) in [6.07, 6.45) is -0.664. The molecule has 22 heavy (non-hydrogen) atoms. The minimum atomic E-state index is -0.664. The van der Waals surface area contributed by atoms with Crippen LogP contribution in [0.3, 0.4) is 0 Å². The summed E-state index contributed by atoms with van der Waals surface area (Å²) in [5, 5.41) is 1.28. The van der Waals surface area contributed by atoms with Gasteiger partial charge in [-0.05, 0) is 69.6 Å². The van der Waals surface area contributed by atoms with Gasteiger partial charge in [-0.2, -0.15) is 0 Å². The van der Waals surface area contributed by atoms with Crippen molar-refractivity contribution in [3.05, 3.63) is 34.3 Å². The smallest absolute Gasteiger partial charge is 0.426 e. The number of benzene rings is 1. The lowest BCUT2D eigenvalue weighted by atomic mass is 10.1. The SMILES string of the molecule is CC(C)(C)OC(=O)NN(C(=O)c1ccccc1Br)C(C)(C)C. The van der Waals surface area contributed by atoms with E-state index >= 15 is 0 Å². The quantitative estimate of drug-likeness (QED) is 0.756. The van der Waals surface area contributed by atoms with Crippen LogP contribution in [-0.4, -0.2) is 28.1 Å². The van der Waals surface area contributed by atoms with Gasteiger partial charge in [0, 0.05) is 4.47 Å². The Bertz CT molecular complexity index is 559. The van der Waals surface area contributed by atoms with Crippen molar-refractivity contribution in [1.29, 1.82) is 0 Å². The molecule has 0 atom stereocenters. The van der Waals surface area contributed by atoms with Gasteiger partial charge >= 0.3 is 6.09 Å². The second kappa shape index (κ2) is 6.69. The lowest BCUT2D eigenvalue weighted by Gasteiger charge is -2.36. The first-order valence-electron chi connectivity index (χ1n) is 7.00. The van der Waals surface area contributed by atoms with Gasteiger partial charge in [-0.1, -0.05) is 12.1 Å². The van der Waals surface area contributed by atoms with Crippen LogP contribution in [0.15, 0.2) is 28.7 Å². The maximum absolute atomic E-state index is 12.7. The standard InChI is InChI=1S/C16H23BrN2O3/c1-15(2,3)19(18-14(21)22-16(4,5)6)13(20)11-9-7-8-10-12(11)17/h7-10H,1-6H3,(H,18,21). The van der Waals surface area contributed by atoms with Crippen LogP contribution in [0.4, 0.5) is 4.79 Å². The summed E-state index contributed by atoms with van der Waals surface area (Å²) in [5.41, 5.74) is 1.76. The summed E-state index contributed by atoms with van der Waals surface area (Å²) in [6.45, 7) is 10.8. The van der Waals surface area contributed by atoms with Crippen molar-refractivity contribution in [2.75, 3.05) is 0 Å². The highest BCUT2D eigenvalue weighted by Crippen LogP contribution is 2.21. The summed E-state index contributed by atoms with van der Waals surface area (Å²) in [7, 11) is 0. The van der Waals surface area contributed by atoms with Gasteiger partial charge in [0.25, 0.3) is 5.91 Å². The number of hydrogen-bond donors (Lipinski definition) is 1. The number of rotatable bonds is 1. The number of hydrazine groups is 1. The van der Waals surface area contributed by atoms with Gasteiger partial charge in [-0.15, -0.1) is 0 Å². The number of carbonyl (C=O) groups is 2. The van der Waals surface area contributed by atoms with Crippen LogP contribution in [0.1, 0.15) is 51.9 Å². The van der Waals surface area contributed by atoms with E-state index < -0.39 is 17.2 Å². The topological polar surface area (TPSA) is 58.6 Å². The Labute approximate surface area is 140 Å². The number of nitrogens with zero attached hydrogens (tertiary/aromatic N) is 1. The molecule has 6 heteroatoms. The van der Waals surface area contributed by atoms with Gasteiger partial charge in [-0.3, -0.25) is 4.79 Å². The fraction of sp³-hybridized carbons (Fsp3) is 0.500. The molecule has 5 nitrogen and oxygen atoms in total. The van der Waals surface area contributed by atoms with Crippen LogP contribution in [0.25, 0.3) is 0 Å². The van der Waals surface area contributed by atoms with E-state index in [9.17, 15) is 9.59 Å². The van der Waals surface area contributed by atoms with E-state index in [2.05, 4.69) is 21.4 Å². The van der Waals surface area contributed by atoms with Gasteiger partial charge in [0.15, 0.2) is 0 Å². The first kappa shape index (κ1) is 18.5. The third-order valence-electron chi connectivity index (χ3n) is 2.58. The Balaban J connectivity index is 3.03. The third kappa shape index (κ3) is 5.33. The molecule has 0 aliphatic rings. The highest BCUT2D eigenvalue weighted by atomic mass is 79.9. The largest absolute Gasteiger partial charge is 0.443 e. The van der Waals surface area contributed by atoms with E-state index in [-0.39, 0.29) is 5.91 Å². The molecule has 1 aromatic rings. The Morgan fingerprint density at radius 3 is 2.09 bits per heavy atom. The van der Waals surface area contributed by atoms with Crippen LogP contribution in [0.5, 0.6) is 0 Å². The molecule has 0 fully saturated rings. The van der Waals surface area contributed by atoms with E-state index in [0.717, 1.165) is 0 Å². The van der Waals surface area contributed by atoms with Crippen molar-refractivity contribution in [2.45, 2.75) is 52.7 Å². The predicted octanol–water partition coefficient (Wildman–Crippen LogP) is 4.13. The van der Waals surface area contributed by atoms with E-state index in [1.54, 1.807) is 39.0 Å². The molecule has 0 aromatic heterocycles. The van der Waals surface area contributed by atoms with Gasteiger partial charge in [0.05, 0.1) is 11.1 Å². The van der Waals surface area contributed by atoms with Gasteiger partial charge in [-0.25, -0.2) is 15.2 Å². The minimum absolute atomic E-state index is 0.314. The number of hydrogen-bond acceptors (Lipinski definition) is 3. The number of halogens is 1. The molecule has 1 N–H and O–H groups in total. The zero-order chi connectivity index (χ0) is 17.1. The normalized spacial score (nSPS) is 11.8. The van der Waals surface area contributed by atoms with Crippen molar-refractivity contribution in [3.8, 4) is 0 Å². The first-order valence-corrected chi connectivity index (χ1v) is 7.80. The molecular formula is C16H23BrN2O3. The third-order valence-corrected chi connectivity index (χ3v) is 3.27. The summed E-state index contributed by atoms with van der Waals surface area (Å²) in [4.78, 5) is 24.7. The summed E-state index contributed by atoms with van der Waals surface area (Å²) in [6, 6.07) is 7.07. The lowest BCUT2D eigenvalue weighted by Crippen LogP contribution is -2.56. The molecule has 0 aliphatic heterocycles. The van der Waals surface area contributed by atoms with E-state index in [1.165, 1.54) is 5.01 Å². The molecule has 2 amide bonds. The predicted molar refractivity (Wildman–Crippen MR) is 89.4 cm³/mol. The lowest BCUT2D eigenvalue weighted by molar-refractivity contribution is 0.0118. The Morgan fingerprint density at radius 1 is 1.09 bits per heavy atom. The number of nitrogens with one attached hydrogen (secondary N) is 1. The van der Waals surface area contributed by atoms with Crippen molar-refractivity contribution in [3.63, 3.8) is 0 Å². The Hall–Kier alpha value is -1.56. The second-order valence-corrected chi connectivity index (χ2v) is 7.76. The molecule has 0 heterocycles. The molecule has 122 valence electrons. The van der Waals surface area contributed by atoms with Gasteiger partial charge < -0.3 is 4.74 Å². The number of ether oxygens (including phenoxy) is 1. The molecular weight excluding hydrogens is 348 g/mol. The van der Waals surface area contributed by atoms with Crippen LogP contribution in [0, 0.1) is 0 Å². The summed E-state index contributed by atoms with van der Waals surface area (Å²) >= 11 is 3.36. The average Bonchev–Trinajstić information content (AvgIpc) is 2.32. The highest BCUT2D eigenvalue weighted by molar-refractivity contribution is 9.10. The summed E-state index contributed by atoms with van der Waals surface area (Å²) < 4.78 is 5.89. The van der Waals surface area contributed by atoms with Gasteiger partial charge in [0.2, 0.25) is 0 Å². The minimum Gasteiger partial charge on any atom is -0.443 e. The Kier molecular flexibility index (Phi) is 5.62. The van der Waals surface area contributed by atoms with Gasteiger partial charge in [0.1, 0.15) is 5.60 Å². The molecule has 1 rings (SSSR count). The maximum Gasteiger partial charge on any atom is 0.426 e. The highest BCUT2D eigenvalue weighted by Gasteiger charge is 2.31. The number of amides is 2. The zero-order valence-electron chi connectivity index (χ0n) is 13.9. The molecule has 0 spiro atoms. The van der Waals surface area contributed by atoms with Crippen molar-refractivity contribution < 1.29 is 14.3 Å². The monoisotopic (exact) mass is 370 g/mol. The molecule has 0 aliphatic carbocycles. The second-order valence-electron chi connectivity index (χ2n) is 6.90. The van der Waals surface area contributed by atoms with Crippen LogP contribution in [0.2, 0.25) is 0 Å². The van der Waals surface area contributed by atoms with Crippen LogP contribution >= 0.6 is 15.9 Å². The van der Waals surface area contributed by atoms with Crippen LogP contribution in [-0.2, 0) is 4.74 Å². The maximum atomic E-state index is 12.7.